The molecule has 170 valence electrons. The molecule has 1 aromatic carbocycles. The molecule has 2 aliphatic rings. The molecule has 1 spiro atoms. The van der Waals surface area contributed by atoms with Gasteiger partial charge in [-0.25, -0.2) is 4.98 Å². The molecule has 3 N–H and O–H groups in total. The number of aromatic nitrogens is 2. The molecule has 2 fully saturated rings. The molecule has 0 radical (unpaired) electrons. The second kappa shape index (κ2) is 8.19. The molecule has 2 aromatic heterocycles. The van der Waals surface area contributed by atoms with Crippen LogP contribution in [0.5, 0.6) is 0 Å². The van der Waals surface area contributed by atoms with Gasteiger partial charge in [0.15, 0.2) is 0 Å². The van der Waals surface area contributed by atoms with Gasteiger partial charge in [0, 0.05) is 41.9 Å². The van der Waals surface area contributed by atoms with Gasteiger partial charge < -0.3 is 20.5 Å². The van der Waals surface area contributed by atoms with Gasteiger partial charge >= 0.3 is 0 Å². The topological polar surface area (TPSA) is 76.0 Å². The summed E-state index contributed by atoms with van der Waals surface area (Å²) in [6.07, 6.45) is 4.09. The van der Waals surface area contributed by atoms with Crippen LogP contribution in [-0.2, 0) is 11.3 Å². The normalized spacial score (nSPS) is 22.9. The summed E-state index contributed by atoms with van der Waals surface area (Å²) < 4.78 is 7.98. The lowest BCUT2D eigenvalue weighted by atomic mass is 9.73. The van der Waals surface area contributed by atoms with E-state index >= 15 is 0 Å². The van der Waals surface area contributed by atoms with Crippen LogP contribution < -0.4 is 10.6 Å². The van der Waals surface area contributed by atoms with E-state index in [0.29, 0.717) is 10.0 Å². The van der Waals surface area contributed by atoms with Gasteiger partial charge in [-0.3, -0.25) is 4.40 Å². The lowest BCUT2D eigenvalue weighted by Gasteiger charge is -2.42. The Hall–Kier alpha value is -1.83. The molecule has 2 aliphatic heterocycles. The Morgan fingerprint density at radius 2 is 2.03 bits per heavy atom. The number of benzene rings is 1. The van der Waals surface area contributed by atoms with Crippen molar-refractivity contribution in [3.63, 3.8) is 0 Å². The predicted octanol–water partition coefficient (Wildman–Crippen LogP) is 4.44. The quantitative estimate of drug-likeness (QED) is 0.586. The molecule has 6 nitrogen and oxygen atoms in total. The van der Waals surface area contributed by atoms with Crippen LogP contribution in [-0.4, -0.2) is 46.3 Å². The van der Waals surface area contributed by atoms with Crippen LogP contribution in [0.4, 0.5) is 5.82 Å². The zero-order chi connectivity index (χ0) is 22.6. The minimum absolute atomic E-state index is 0.0496. The van der Waals surface area contributed by atoms with E-state index in [2.05, 4.69) is 16.2 Å². The van der Waals surface area contributed by atoms with E-state index in [-0.39, 0.29) is 24.2 Å². The predicted molar refractivity (Wildman–Crippen MR) is 129 cm³/mol. The highest BCUT2D eigenvalue weighted by Crippen LogP contribution is 2.43. The minimum Gasteiger partial charge on any atom is -0.392 e. The number of piperidine rings is 1. The van der Waals surface area contributed by atoms with E-state index in [9.17, 15) is 5.11 Å². The first-order valence-electron chi connectivity index (χ1n) is 11.0. The number of nitrogens with zero attached hydrogens (tertiary/aromatic N) is 3. The summed E-state index contributed by atoms with van der Waals surface area (Å²) in [5.74, 6) is 1.02. The summed E-state index contributed by atoms with van der Waals surface area (Å²) in [5, 5.41) is 11.2. The number of hydrogen-bond donors (Lipinski definition) is 2. The Bertz CT molecular complexity index is 1170. The molecule has 1 unspecified atom stereocenters. The molecule has 4 heterocycles. The van der Waals surface area contributed by atoms with E-state index in [4.69, 9.17) is 38.7 Å². The van der Waals surface area contributed by atoms with Crippen molar-refractivity contribution in [3.8, 4) is 11.1 Å². The maximum absolute atomic E-state index is 10.3. The number of aryl methyl sites for hydroxylation is 1. The van der Waals surface area contributed by atoms with E-state index in [1.165, 1.54) is 0 Å². The van der Waals surface area contributed by atoms with Gasteiger partial charge in [0.1, 0.15) is 11.5 Å². The van der Waals surface area contributed by atoms with Crippen molar-refractivity contribution in [2.45, 2.75) is 45.4 Å². The highest BCUT2D eigenvalue weighted by atomic mass is 35.5. The SMILES string of the molecule is Cc1cn2c(N3CCC4(CC3)COC(C)[C@H]4N)cc(CO)c(-c3cccc(Cl)c3Cl)c2n1. The number of imidazole rings is 1. The van der Waals surface area contributed by atoms with E-state index in [1.807, 2.05) is 31.3 Å². The molecule has 2 saturated heterocycles. The Kier molecular flexibility index (Phi) is 5.63. The summed E-state index contributed by atoms with van der Waals surface area (Å²) in [6, 6.07) is 7.66. The maximum Gasteiger partial charge on any atom is 0.146 e. The van der Waals surface area contributed by atoms with Crippen molar-refractivity contribution >= 4 is 34.7 Å². The third kappa shape index (κ3) is 3.40. The van der Waals surface area contributed by atoms with Crippen LogP contribution in [0, 0.1) is 12.3 Å². The van der Waals surface area contributed by atoms with Gasteiger partial charge in [-0.15, -0.1) is 0 Å². The maximum atomic E-state index is 10.3. The molecule has 32 heavy (non-hydrogen) atoms. The van der Waals surface area contributed by atoms with Crippen LogP contribution >= 0.6 is 23.2 Å². The van der Waals surface area contributed by atoms with Crippen molar-refractivity contribution in [1.82, 2.24) is 9.38 Å². The number of fused-ring (bicyclic) bond motifs is 1. The van der Waals surface area contributed by atoms with Crippen LogP contribution in [0.2, 0.25) is 10.0 Å². The van der Waals surface area contributed by atoms with Gasteiger partial charge in [-0.1, -0.05) is 35.3 Å². The Morgan fingerprint density at radius 3 is 2.69 bits per heavy atom. The van der Waals surface area contributed by atoms with Crippen molar-refractivity contribution in [3.05, 3.63) is 51.8 Å². The van der Waals surface area contributed by atoms with Gasteiger partial charge in [-0.05, 0) is 44.4 Å². The van der Waals surface area contributed by atoms with E-state index in [1.54, 1.807) is 6.07 Å². The molecular formula is C24H28Cl2N4O2. The summed E-state index contributed by atoms with van der Waals surface area (Å²) in [5.41, 5.74) is 10.6. The van der Waals surface area contributed by atoms with E-state index in [0.717, 1.165) is 66.4 Å². The first kappa shape index (κ1) is 22.0. The Labute approximate surface area is 197 Å². The molecule has 0 aliphatic carbocycles. The number of aliphatic hydroxyl groups excluding tert-OH is 1. The van der Waals surface area contributed by atoms with Crippen LogP contribution in [0.15, 0.2) is 30.5 Å². The number of anilines is 1. The highest BCUT2D eigenvalue weighted by Gasteiger charge is 2.47. The van der Waals surface area contributed by atoms with Crippen molar-refractivity contribution in [2.75, 3.05) is 24.6 Å². The first-order valence-corrected chi connectivity index (χ1v) is 11.8. The summed E-state index contributed by atoms with van der Waals surface area (Å²) >= 11 is 12.9. The summed E-state index contributed by atoms with van der Waals surface area (Å²) in [4.78, 5) is 7.16. The lowest BCUT2D eigenvalue weighted by molar-refractivity contribution is 0.0974. The monoisotopic (exact) mass is 474 g/mol. The number of rotatable bonds is 3. The van der Waals surface area contributed by atoms with Crippen molar-refractivity contribution < 1.29 is 9.84 Å². The second-order valence-corrected chi connectivity index (χ2v) is 9.91. The van der Waals surface area contributed by atoms with Crippen LogP contribution in [0.1, 0.15) is 31.0 Å². The van der Waals surface area contributed by atoms with Crippen LogP contribution in [0.25, 0.3) is 16.8 Å². The van der Waals surface area contributed by atoms with Gasteiger partial charge in [0.25, 0.3) is 0 Å². The van der Waals surface area contributed by atoms with E-state index < -0.39 is 0 Å². The molecule has 0 bridgehead atoms. The number of nitrogens with two attached hydrogens (primary N) is 1. The highest BCUT2D eigenvalue weighted by molar-refractivity contribution is 6.43. The molecule has 8 heteroatoms. The first-order chi connectivity index (χ1) is 15.3. The largest absolute Gasteiger partial charge is 0.392 e. The third-order valence-corrected chi connectivity index (χ3v) is 8.06. The van der Waals surface area contributed by atoms with Gasteiger partial charge in [0.05, 0.1) is 35.1 Å². The summed E-state index contributed by atoms with van der Waals surface area (Å²) in [6.45, 7) is 6.39. The molecule has 0 saturated carbocycles. The molecule has 2 atom stereocenters. The lowest BCUT2D eigenvalue weighted by Crippen LogP contribution is -2.50. The van der Waals surface area contributed by atoms with Crippen molar-refractivity contribution in [2.24, 2.45) is 11.1 Å². The average molecular weight is 475 g/mol. The average Bonchev–Trinajstić information content (AvgIpc) is 3.30. The molecule has 5 rings (SSSR count). The smallest absolute Gasteiger partial charge is 0.146 e. The molecular weight excluding hydrogens is 447 g/mol. The third-order valence-electron chi connectivity index (χ3n) is 7.24. The number of halogens is 2. The summed E-state index contributed by atoms with van der Waals surface area (Å²) in [7, 11) is 0. The number of aliphatic hydroxyl groups is 1. The molecule has 3 aromatic rings. The molecule has 0 amide bonds. The Balaban J connectivity index is 1.58. The second-order valence-electron chi connectivity index (χ2n) is 9.13. The fraction of sp³-hybridized carbons (Fsp3) is 0.458. The zero-order valence-electron chi connectivity index (χ0n) is 18.3. The fourth-order valence-corrected chi connectivity index (χ4v) is 5.70. The standard InChI is InChI=1S/C24H28Cl2N4O2/c1-14-11-30-19(29-8-6-24(7-9-29)13-32-15(2)22(24)27)10-16(12-31)20(23(30)28-14)17-4-3-5-18(25)21(17)26/h3-5,10-11,15,22,31H,6-9,12-13,27H2,1-2H3/t15?,22-/m1/s1. The van der Waals surface area contributed by atoms with Gasteiger partial charge in [-0.2, -0.15) is 0 Å². The van der Waals surface area contributed by atoms with Crippen LogP contribution in [0.3, 0.4) is 0 Å². The van der Waals surface area contributed by atoms with Crippen molar-refractivity contribution in [1.29, 1.82) is 0 Å². The number of ether oxygens (including phenoxy) is 1. The number of hydrogen-bond acceptors (Lipinski definition) is 5. The van der Waals surface area contributed by atoms with Gasteiger partial charge in [0.2, 0.25) is 0 Å². The fourth-order valence-electron chi connectivity index (χ4n) is 5.30. The Morgan fingerprint density at radius 1 is 1.28 bits per heavy atom. The number of pyridine rings is 1. The zero-order valence-corrected chi connectivity index (χ0v) is 19.8. The minimum atomic E-state index is -0.123.